The molecule has 6 heteroatoms. The number of rotatable bonds is 4. The van der Waals surface area contributed by atoms with Crippen LogP contribution in [0.4, 0.5) is 15.8 Å². The lowest BCUT2D eigenvalue weighted by Gasteiger charge is -2.30. The van der Waals surface area contributed by atoms with Crippen molar-refractivity contribution in [3.05, 3.63) is 36.7 Å². The summed E-state index contributed by atoms with van der Waals surface area (Å²) in [7, 11) is 0. The van der Waals surface area contributed by atoms with Gasteiger partial charge in [-0.3, -0.25) is 9.59 Å². The second-order valence-electron chi connectivity index (χ2n) is 6.65. The molecule has 0 saturated carbocycles. The third kappa shape index (κ3) is 4.00. The van der Waals surface area contributed by atoms with Gasteiger partial charge in [0, 0.05) is 37.8 Å². The van der Waals surface area contributed by atoms with E-state index in [1.54, 1.807) is 17.0 Å². The van der Waals surface area contributed by atoms with Gasteiger partial charge in [0.15, 0.2) is 0 Å². The summed E-state index contributed by atoms with van der Waals surface area (Å²) in [5.74, 6) is -0.668. The third-order valence-electron chi connectivity index (χ3n) is 5.01. The van der Waals surface area contributed by atoms with Crippen molar-refractivity contribution in [2.24, 2.45) is 5.92 Å². The molecule has 2 aliphatic rings. The summed E-state index contributed by atoms with van der Waals surface area (Å²) >= 11 is 0. The zero-order chi connectivity index (χ0) is 17.8. The number of hydrogen-bond donors (Lipinski definition) is 1. The maximum absolute atomic E-state index is 14.3. The van der Waals surface area contributed by atoms with Gasteiger partial charge < -0.3 is 15.1 Å². The molecule has 0 spiro atoms. The van der Waals surface area contributed by atoms with Gasteiger partial charge in [0.1, 0.15) is 5.82 Å². The summed E-state index contributed by atoms with van der Waals surface area (Å²) in [5.41, 5.74) is 1.08. The number of nitrogens with zero attached hydrogens (tertiary/aromatic N) is 2. The Morgan fingerprint density at radius 2 is 1.84 bits per heavy atom. The molecule has 0 bridgehead atoms. The van der Waals surface area contributed by atoms with Crippen LogP contribution >= 0.6 is 0 Å². The maximum atomic E-state index is 14.3. The molecule has 2 amide bonds. The van der Waals surface area contributed by atoms with Gasteiger partial charge in [-0.2, -0.15) is 0 Å². The molecule has 0 unspecified atom stereocenters. The molecule has 2 fully saturated rings. The standard InChI is InChI=1S/C19H24FN3O2/c1-2-18(24)23-11-7-14(8-12-23)19(25)21-15-5-6-17(16(20)13-15)22-9-3-4-10-22/h2,5-6,13-14H,1,3-4,7-12H2,(H,21,25). The fraction of sp³-hybridized carbons (Fsp3) is 0.474. The molecule has 0 aromatic heterocycles. The van der Waals surface area contributed by atoms with E-state index in [4.69, 9.17) is 0 Å². The smallest absolute Gasteiger partial charge is 0.245 e. The molecule has 0 radical (unpaired) electrons. The quantitative estimate of drug-likeness (QED) is 0.854. The van der Waals surface area contributed by atoms with Crippen LogP contribution in [0, 0.1) is 11.7 Å². The Bertz CT molecular complexity index is 663. The van der Waals surface area contributed by atoms with Gasteiger partial charge in [0.05, 0.1) is 5.69 Å². The van der Waals surface area contributed by atoms with E-state index in [1.807, 2.05) is 4.90 Å². The molecule has 2 heterocycles. The number of benzene rings is 1. The van der Waals surface area contributed by atoms with Crippen LogP contribution in [-0.2, 0) is 9.59 Å². The Morgan fingerprint density at radius 3 is 2.44 bits per heavy atom. The number of nitrogens with one attached hydrogen (secondary N) is 1. The molecule has 5 nitrogen and oxygen atoms in total. The van der Waals surface area contributed by atoms with Crippen LogP contribution in [0.5, 0.6) is 0 Å². The second-order valence-corrected chi connectivity index (χ2v) is 6.65. The lowest BCUT2D eigenvalue weighted by Crippen LogP contribution is -2.40. The van der Waals surface area contributed by atoms with Crippen molar-refractivity contribution in [2.45, 2.75) is 25.7 Å². The average molecular weight is 345 g/mol. The Labute approximate surface area is 147 Å². The fourth-order valence-electron chi connectivity index (χ4n) is 3.53. The number of halogens is 1. The molecule has 1 aromatic rings. The summed E-state index contributed by atoms with van der Waals surface area (Å²) in [6.07, 6.45) is 4.70. The number of carbonyl (C=O) groups excluding carboxylic acids is 2. The molecular weight excluding hydrogens is 321 g/mol. The van der Waals surface area contributed by atoms with Crippen molar-refractivity contribution in [3.63, 3.8) is 0 Å². The minimum absolute atomic E-state index is 0.0987. The molecule has 0 aliphatic carbocycles. The summed E-state index contributed by atoms with van der Waals surface area (Å²) in [4.78, 5) is 27.7. The van der Waals surface area contributed by atoms with Crippen molar-refractivity contribution < 1.29 is 14.0 Å². The number of anilines is 2. The van der Waals surface area contributed by atoms with Gasteiger partial charge in [-0.25, -0.2) is 4.39 Å². The van der Waals surface area contributed by atoms with E-state index in [0.29, 0.717) is 37.3 Å². The van der Waals surface area contributed by atoms with Crippen molar-refractivity contribution >= 4 is 23.2 Å². The van der Waals surface area contributed by atoms with Gasteiger partial charge in [0.2, 0.25) is 11.8 Å². The molecule has 1 aromatic carbocycles. The highest BCUT2D eigenvalue weighted by atomic mass is 19.1. The van der Waals surface area contributed by atoms with Crippen molar-refractivity contribution in [1.82, 2.24) is 4.90 Å². The van der Waals surface area contributed by atoms with Crippen LogP contribution in [0.1, 0.15) is 25.7 Å². The molecule has 134 valence electrons. The number of hydrogen-bond acceptors (Lipinski definition) is 3. The van der Waals surface area contributed by atoms with Gasteiger partial charge in [-0.15, -0.1) is 0 Å². The molecule has 3 rings (SSSR count). The first kappa shape index (κ1) is 17.5. The monoisotopic (exact) mass is 345 g/mol. The summed E-state index contributed by atoms with van der Waals surface area (Å²) in [6, 6.07) is 4.88. The fourth-order valence-corrected chi connectivity index (χ4v) is 3.53. The Morgan fingerprint density at radius 1 is 1.16 bits per heavy atom. The largest absolute Gasteiger partial charge is 0.369 e. The van der Waals surface area contributed by atoms with Crippen molar-refractivity contribution in [2.75, 3.05) is 36.4 Å². The van der Waals surface area contributed by atoms with Crippen LogP contribution in [0.3, 0.4) is 0 Å². The number of likely N-dealkylation sites (tertiary alicyclic amines) is 1. The highest BCUT2D eigenvalue weighted by Gasteiger charge is 2.26. The van der Waals surface area contributed by atoms with Crippen LogP contribution in [0.25, 0.3) is 0 Å². The minimum atomic E-state index is -0.300. The Balaban J connectivity index is 1.57. The normalized spacial score (nSPS) is 18.3. The number of carbonyl (C=O) groups is 2. The average Bonchev–Trinajstić information content (AvgIpc) is 3.15. The van der Waals surface area contributed by atoms with E-state index < -0.39 is 0 Å². The predicted octanol–water partition coefficient (Wildman–Crippen LogP) is 2.79. The molecule has 0 atom stereocenters. The second kappa shape index (κ2) is 7.68. The van der Waals surface area contributed by atoms with Crippen molar-refractivity contribution in [1.29, 1.82) is 0 Å². The Kier molecular flexibility index (Phi) is 5.36. The lowest BCUT2D eigenvalue weighted by atomic mass is 9.95. The van der Waals surface area contributed by atoms with E-state index in [2.05, 4.69) is 11.9 Å². The predicted molar refractivity (Wildman–Crippen MR) is 96.0 cm³/mol. The van der Waals surface area contributed by atoms with Gasteiger partial charge in [-0.1, -0.05) is 6.58 Å². The summed E-state index contributed by atoms with van der Waals surface area (Å²) < 4.78 is 14.3. The maximum Gasteiger partial charge on any atom is 0.245 e. The van der Waals surface area contributed by atoms with E-state index in [1.165, 1.54) is 12.1 Å². The highest BCUT2D eigenvalue weighted by molar-refractivity contribution is 5.93. The molecule has 2 saturated heterocycles. The van der Waals surface area contributed by atoms with E-state index in [-0.39, 0.29) is 23.5 Å². The minimum Gasteiger partial charge on any atom is -0.369 e. The number of amides is 2. The Hall–Kier alpha value is -2.37. The first-order valence-corrected chi connectivity index (χ1v) is 8.85. The van der Waals surface area contributed by atoms with Gasteiger partial charge in [0.25, 0.3) is 0 Å². The lowest BCUT2D eigenvalue weighted by molar-refractivity contribution is -0.130. The van der Waals surface area contributed by atoms with Crippen molar-refractivity contribution in [3.8, 4) is 0 Å². The number of piperidine rings is 1. The van der Waals surface area contributed by atoms with Crippen LogP contribution in [0.2, 0.25) is 0 Å². The zero-order valence-electron chi connectivity index (χ0n) is 14.3. The zero-order valence-corrected chi connectivity index (χ0v) is 14.3. The van der Waals surface area contributed by atoms with Crippen LogP contribution in [-0.4, -0.2) is 42.9 Å². The van der Waals surface area contributed by atoms with Crippen LogP contribution < -0.4 is 10.2 Å². The van der Waals surface area contributed by atoms with E-state index in [0.717, 1.165) is 25.9 Å². The van der Waals surface area contributed by atoms with Gasteiger partial charge >= 0.3 is 0 Å². The SMILES string of the molecule is C=CC(=O)N1CCC(C(=O)Nc2ccc(N3CCCC3)c(F)c2)CC1. The molecular formula is C19H24FN3O2. The van der Waals surface area contributed by atoms with Gasteiger partial charge in [-0.05, 0) is 50.0 Å². The topological polar surface area (TPSA) is 52.7 Å². The summed E-state index contributed by atoms with van der Waals surface area (Å²) in [6.45, 7) is 6.33. The van der Waals surface area contributed by atoms with Crippen LogP contribution in [0.15, 0.2) is 30.9 Å². The first-order valence-electron chi connectivity index (χ1n) is 8.85. The third-order valence-corrected chi connectivity index (χ3v) is 5.01. The highest BCUT2D eigenvalue weighted by Crippen LogP contribution is 2.27. The van der Waals surface area contributed by atoms with E-state index >= 15 is 0 Å². The molecule has 2 aliphatic heterocycles. The molecule has 25 heavy (non-hydrogen) atoms. The molecule has 1 N–H and O–H groups in total. The summed E-state index contributed by atoms with van der Waals surface area (Å²) in [5, 5.41) is 2.81. The van der Waals surface area contributed by atoms with E-state index in [9.17, 15) is 14.0 Å². The first-order chi connectivity index (χ1) is 12.1.